The maximum atomic E-state index is 11.3. The summed E-state index contributed by atoms with van der Waals surface area (Å²) in [5.74, 6) is 0.513. The van der Waals surface area contributed by atoms with Gasteiger partial charge in [-0.2, -0.15) is 0 Å². The van der Waals surface area contributed by atoms with Gasteiger partial charge in [-0.1, -0.05) is 0 Å². The molecule has 7 nitrogen and oxygen atoms in total. The van der Waals surface area contributed by atoms with Gasteiger partial charge in [-0.15, -0.1) is 0 Å². The molecule has 3 N–H and O–H groups in total. The second-order valence-electron chi connectivity index (χ2n) is 2.95. The Bertz CT molecular complexity index is 579. The largest absolute Gasteiger partial charge is 0.374 e. The number of ether oxygens (including phenoxy) is 1. The highest BCUT2D eigenvalue weighted by Gasteiger charge is 2.06. The number of aromatic amines is 3. The normalized spacial score (nSPS) is 11.0. The van der Waals surface area contributed by atoms with E-state index in [0.29, 0.717) is 12.4 Å². The molecule has 2 rings (SSSR count). The summed E-state index contributed by atoms with van der Waals surface area (Å²) in [5, 5.41) is 0. The topological polar surface area (TPSA) is 104 Å². The van der Waals surface area contributed by atoms with Gasteiger partial charge < -0.3 is 9.72 Å². The monoisotopic (exact) mass is 210 g/mol. The minimum atomic E-state index is -0.568. The van der Waals surface area contributed by atoms with Crippen molar-refractivity contribution in [1.29, 1.82) is 0 Å². The van der Waals surface area contributed by atoms with Crippen molar-refractivity contribution in [1.82, 2.24) is 19.9 Å². The van der Waals surface area contributed by atoms with E-state index in [1.165, 1.54) is 0 Å². The van der Waals surface area contributed by atoms with Crippen LogP contribution in [0.2, 0.25) is 0 Å². The lowest BCUT2D eigenvalue weighted by atomic mass is 10.5. The van der Waals surface area contributed by atoms with Crippen LogP contribution in [0.25, 0.3) is 11.2 Å². The summed E-state index contributed by atoms with van der Waals surface area (Å²) in [5.41, 5.74) is -0.547. The first kappa shape index (κ1) is 9.66. The fraction of sp³-hybridized carbons (Fsp3) is 0.375. The van der Waals surface area contributed by atoms with E-state index < -0.39 is 11.2 Å². The molecule has 0 aromatic carbocycles. The highest BCUT2D eigenvalue weighted by Crippen LogP contribution is 2.02. The summed E-state index contributed by atoms with van der Waals surface area (Å²) < 4.78 is 5.12. The van der Waals surface area contributed by atoms with E-state index in [1.807, 2.05) is 6.92 Å². The Morgan fingerprint density at radius 3 is 2.80 bits per heavy atom. The van der Waals surface area contributed by atoms with Crippen LogP contribution in [-0.2, 0) is 11.3 Å². The molecule has 2 aromatic heterocycles. The lowest BCUT2D eigenvalue weighted by Crippen LogP contribution is -2.21. The lowest BCUT2D eigenvalue weighted by Gasteiger charge is -1.94. The van der Waals surface area contributed by atoms with Gasteiger partial charge in [0.05, 0.1) is 0 Å². The number of H-pyrrole nitrogens is 3. The van der Waals surface area contributed by atoms with Gasteiger partial charge in [0, 0.05) is 6.61 Å². The van der Waals surface area contributed by atoms with Gasteiger partial charge in [-0.05, 0) is 6.92 Å². The summed E-state index contributed by atoms with van der Waals surface area (Å²) in [6.07, 6.45) is 0. The Hall–Kier alpha value is -1.89. The first-order chi connectivity index (χ1) is 7.20. The van der Waals surface area contributed by atoms with Gasteiger partial charge in [-0.25, -0.2) is 9.78 Å². The first-order valence-electron chi connectivity index (χ1n) is 4.49. The maximum absolute atomic E-state index is 11.3. The van der Waals surface area contributed by atoms with Crippen LogP contribution in [0.1, 0.15) is 12.7 Å². The number of hydrogen-bond donors (Lipinski definition) is 3. The van der Waals surface area contributed by atoms with E-state index in [-0.39, 0.29) is 17.8 Å². The molecule has 2 aromatic rings. The first-order valence-corrected chi connectivity index (χ1v) is 4.49. The van der Waals surface area contributed by atoms with E-state index in [1.54, 1.807) is 0 Å². The van der Waals surface area contributed by atoms with E-state index in [4.69, 9.17) is 4.74 Å². The molecule has 0 aliphatic carbocycles. The maximum Gasteiger partial charge on any atom is 0.327 e. The van der Waals surface area contributed by atoms with Gasteiger partial charge in [-0.3, -0.25) is 14.8 Å². The quantitative estimate of drug-likeness (QED) is 0.633. The molecular formula is C8H10N4O3. The van der Waals surface area contributed by atoms with E-state index in [9.17, 15) is 9.59 Å². The van der Waals surface area contributed by atoms with Crippen molar-refractivity contribution < 1.29 is 4.74 Å². The number of fused-ring (bicyclic) bond motifs is 1. The SMILES string of the molecule is CCOCc1nc2[nH]c(=O)[nH]c(=O)c2[nH]1. The zero-order valence-corrected chi connectivity index (χ0v) is 8.09. The lowest BCUT2D eigenvalue weighted by molar-refractivity contribution is 0.129. The molecule has 0 radical (unpaired) electrons. The fourth-order valence-corrected chi connectivity index (χ4v) is 1.25. The number of hydrogen-bond acceptors (Lipinski definition) is 4. The molecule has 0 atom stereocenters. The van der Waals surface area contributed by atoms with Crippen molar-refractivity contribution in [2.45, 2.75) is 13.5 Å². The predicted molar refractivity (Wildman–Crippen MR) is 52.7 cm³/mol. The molecule has 0 spiro atoms. The van der Waals surface area contributed by atoms with E-state index in [2.05, 4.69) is 19.9 Å². The Balaban J connectivity index is 2.51. The zero-order chi connectivity index (χ0) is 10.8. The van der Waals surface area contributed by atoms with Gasteiger partial charge in [0.15, 0.2) is 5.65 Å². The van der Waals surface area contributed by atoms with Crippen molar-refractivity contribution in [2.75, 3.05) is 6.61 Å². The van der Waals surface area contributed by atoms with Gasteiger partial charge in [0.2, 0.25) is 0 Å². The summed E-state index contributed by atoms with van der Waals surface area (Å²) in [6.45, 7) is 2.70. The van der Waals surface area contributed by atoms with Crippen molar-refractivity contribution in [2.24, 2.45) is 0 Å². The Kier molecular flexibility index (Phi) is 2.38. The number of aromatic nitrogens is 4. The van der Waals surface area contributed by atoms with E-state index >= 15 is 0 Å². The van der Waals surface area contributed by atoms with Crippen LogP contribution in [0.5, 0.6) is 0 Å². The number of rotatable bonds is 3. The fourth-order valence-electron chi connectivity index (χ4n) is 1.25. The van der Waals surface area contributed by atoms with Crippen LogP contribution in [0.4, 0.5) is 0 Å². The minimum absolute atomic E-state index is 0.249. The molecule has 0 saturated carbocycles. The van der Waals surface area contributed by atoms with Crippen LogP contribution in [0, 0.1) is 0 Å². The molecule has 80 valence electrons. The van der Waals surface area contributed by atoms with Crippen LogP contribution < -0.4 is 11.2 Å². The smallest absolute Gasteiger partial charge is 0.327 e. The third-order valence-electron chi connectivity index (χ3n) is 1.88. The molecule has 2 heterocycles. The Morgan fingerprint density at radius 1 is 1.27 bits per heavy atom. The van der Waals surface area contributed by atoms with Crippen LogP contribution in [0.15, 0.2) is 9.59 Å². The van der Waals surface area contributed by atoms with Crippen molar-refractivity contribution in [3.8, 4) is 0 Å². The second-order valence-corrected chi connectivity index (χ2v) is 2.95. The zero-order valence-electron chi connectivity index (χ0n) is 8.09. The highest BCUT2D eigenvalue weighted by molar-refractivity contribution is 5.68. The average molecular weight is 210 g/mol. The summed E-state index contributed by atoms with van der Waals surface area (Å²) in [6, 6.07) is 0. The van der Waals surface area contributed by atoms with Gasteiger partial charge in [0.25, 0.3) is 5.56 Å². The molecular weight excluding hydrogens is 200 g/mol. The number of nitrogens with zero attached hydrogens (tertiary/aromatic N) is 1. The van der Waals surface area contributed by atoms with Crippen LogP contribution in [0.3, 0.4) is 0 Å². The summed E-state index contributed by atoms with van der Waals surface area (Å²) in [7, 11) is 0. The van der Waals surface area contributed by atoms with Crippen LogP contribution in [-0.4, -0.2) is 26.5 Å². The van der Waals surface area contributed by atoms with E-state index in [0.717, 1.165) is 0 Å². The second kappa shape index (κ2) is 3.70. The molecule has 0 saturated heterocycles. The van der Waals surface area contributed by atoms with Crippen molar-refractivity contribution >= 4 is 11.2 Å². The highest BCUT2D eigenvalue weighted by atomic mass is 16.5. The molecule has 0 aliphatic rings. The third kappa shape index (κ3) is 1.82. The Labute approximate surface area is 83.5 Å². The van der Waals surface area contributed by atoms with Crippen molar-refractivity contribution in [3.05, 3.63) is 26.7 Å². The number of imidazole rings is 1. The van der Waals surface area contributed by atoms with Gasteiger partial charge in [0.1, 0.15) is 17.9 Å². The summed E-state index contributed by atoms with van der Waals surface area (Å²) in [4.78, 5) is 33.5. The molecule has 7 heteroatoms. The number of nitrogens with one attached hydrogen (secondary N) is 3. The molecule has 0 aliphatic heterocycles. The standard InChI is InChI=1S/C8H10N4O3/c1-2-15-3-4-9-5-6(10-4)11-8(14)12-7(5)13/h2-3H2,1H3,(H3,9,10,11,12,13,14). The molecule has 15 heavy (non-hydrogen) atoms. The summed E-state index contributed by atoms with van der Waals surface area (Å²) >= 11 is 0. The molecule has 0 unspecified atom stereocenters. The third-order valence-corrected chi connectivity index (χ3v) is 1.88. The van der Waals surface area contributed by atoms with Gasteiger partial charge >= 0.3 is 5.69 Å². The average Bonchev–Trinajstić information content (AvgIpc) is 2.57. The molecule has 0 amide bonds. The van der Waals surface area contributed by atoms with Crippen molar-refractivity contribution in [3.63, 3.8) is 0 Å². The predicted octanol–water partition coefficient (Wildman–Crippen LogP) is -0.524. The minimum Gasteiger partial charge on any atom is -0.374 e. The molecule has 0 bridgehead atoms. The van der Waals surface area contributed by atoms with Crippen LogP contribution >= 0.6 is 0 Å². The molecule has 0 fully saturated rings. The Morgan fingerprint density at radius 2 is 2.07 bits per heavy atom.